The molecule has 4 nitrogen and oxygen atoms in total. The minimum Gasteiger partial charge on any atom is -0.496 e. The fourth-order valence-electron chi connectivity index (χ4n) is 1.77. The van der Waals surface area contributed by atoms with Crippen molar-refractivity contribution in [3.05, 3.63) is 35.4 Å². The van der Waals surface area contributed by atoms with Crippen molar-refractivity contribution in [1.29, 1.82) is 0 Å². The maximum Gasteiger partial charge on any atom is 0.148 e. The van der Waals surface area contributed by atoms with E-state index in [-0.39, 0.29) is 0 Å². The average Bonchev–Trinajstić information content (AvgIpc) is 2.41. The highest BCUT2D eigenvalue weighted by Crippen LogP contribution is 2.31. The first-order valence-corrected chi connectivity index (χ1v) is 5.82. The Morgan fingerprint density at radius 3 is 2.33 bits per heavy atom. The summed E-state index contributed by atoms with van der Waals surface area (Å²) in [5.41, 5.74) is 4.20. The lowest BCUT2D eigenvalue weighted by Crippen LogP contribution is -1.97. The van der Waals surface area contributed by atoms with Gasteiger partial charge in [0, 0.05) is 12.6 Å². The van der Waals surface area contributed by atoms with Crippen molar-refractivity contribution in [3.8, 4) is 17.0 Å². The number of methoxy groups -OCH3 is 1. The molecule has 4 heteroatoms. The number of hydrogen-bond acceptors (Lipinski definition) is 4. The Morgan fingerprint density at radius 2 is 1.78 bits per heavy atom. The van der Waals surface area contributed by atoms with Gasteiger partial charge in [0.15, 0.2) is 0 Å². The molecule has 2 aromatic rings. The molecule has 94 valence electrons. The van der Waals surface area contributed by atoms with Gasteiger partial charge in [-0.1, -0.05) is 0 Å². The summed E-state index contributed by atoms with van der Waals surface area (Å²) in [5, 5.41) is 11.2. The zero-order valence-corrected chi connectivity index (χ0v) is 11.1. The Labute approximate surface area is 107 Å². The number of nitrogens with zero attached hydrogens (tertiary/aromatic N) is 2. The molecule has 0 radical (unpaired) electrons. The van der Waals surface area contributed by atoms with Gasteiger partial charge in [0.05, 0.1) is 12.8 Å². The quantitative estimate of drug-likeness (QED) is 0.900. The molecule has 0 bridgehead atoms. The highest BCUT2D eigenvalue weighted by Gasteiger charge is 2.10. The summed E-state index contributed by atoms with van der Waals surface area (Å²) in [4.78, 5) is 0. The lowest BCUT2D eigenvalue weighted by atomic mass is 10.0. The van der Waals surface area contributed by atoms with Crippen molar-refractivity contribution in [1.82, 2.24) is 10.2 Å². The lowest BCUT2D eigenvalue weighted by molar-refractivity contribution is 0.416. The second-order valence-electron chi connectivity index (χ2n) is 4.19. The maximum atomic E-state index is 5.41. The van der Waals surface area contributed by atoms with E-state index in [1.165, 1.54) is 11.1 Å². The summed E-state index contributed by atoms with van der Waals surface area (Å²) >= 11 is 0. The third kappa shape index (κ3) is 2.27. The number of aryl methyl sites for hydroxylation is 2. The molecule has 1 aromatic carbocycles. The van der Waals surface area contributed by atoms with Crippen LogP contribution in [0.5, 0.6) is 5.75 Å². The van der Waals surface area contributed by atoms with E-state index in [4.69, 9.17) is 4.74 Å². The molecule has 0 aliphatic carbocycles. The van der Waals surface area contributed by atoms with Crippen LogP contribution >= 0.6 is 0 Å². The van der Waals surface area contributed by atoms with E-state index in [1.807, 2.05) is 25.2 Å². The monoisotopic (exact) mass is 243 g/mol. The van der Waals surface area contributed by atoms with E-state index in [2.05, 4.69) is 35.4 Å². The van der Waals surface area contributed by atoms with Gasteiger partial charge in [-0.15, -0.1) is 10.2 Å². The van der Waals surface area contributed by atoms with Gasteiger partial charge in [-0.2, -0.15) is 0 Å². The summed E-state index contributed by atoms with van der Waals surface area (Å²) in [6.07, 6.45) is 0. The number of ether oxygens (including phenoxy) is 1. The van der Waals surface area contributed by atoms with Crippen LogP contribution in [0.1, 0.15) is 11.1 Å². The number of anilines is 1. The van der Waals surface area contributed by atoms with E-state index in [9.17, 15) is 0 Å². The van der Waals surface area contributed by atoms with Gasteiger partial charge in [-0.05, 0) is 49.2 Å². The minimum atomic E-state index is 0.751. The predicted octanol–water partition coefficient (Wildman–Crippen LogP) is 2.81. The van der Waals surface area contributed by atoms with Crippen LogP contribution in [0.25, 0.3) is 11.3 Å². The summed E-state index contributed by atoms with van der Waals surface area (Å²) in [6, 6.07) is 7.94. The number of aromatic nitrogens is 2. The molecule has 1 N–H and O–H groups in total. The third-order valence-electron chi connectivity index (χ3n) is 3.01. The molecule has 0 aliphatic heterocycles. The fraction of sp³-hybridized carbons (Fsp3) is 0.286. The predicted molar refractivity (Wildman–Crippen MR) is 73.0 cm³/mol. The summed E-state index contributed by atoms with van der Waals surface area (Å²) < 4.78 is 5.41. The highest BCUT2D eigenvalue weighted by atomic mass is 16.5. The molecular weight excluding hydrogens is 226 g/mol. The minimum absolute atomic E-state index is 0.751. The topological polar surface area (TPSA) is 47.0 Å². The molecule has 0 fully saturated rings. The van der Waals surface area contributed by atoms with Gasteiger partial charge in [0.2, 0.25) is 0 Å². The van der Waals surface area contributed by atoms with Crippen LogP contribution in [-0.4, -0.2) is 24.4 Å². The van der Waals surface area contributed by atoms with Gasteiger partial charge in [0.1, 0.15) is 11.6 Å². The van der Waals surface area contributed by atoms with Crippen LogP contribution in [0.2, 0.25) is 0 Å². The second kappa shape index (κ2) is 5.04. The Kier molecular flexibility index (Phi) is 3.46. The fourth-order valence-corrected chi connectivity index (χ4v) is 1.77. The Morgan fingerprint density at radius 1 is 1.06 bits per heavy atom. The van der Waals surface area contributed by atoms with Crippen molar-refractivity contribution in [2.45, 2.75) is 13.8 Å². The first kappa shape index (κ1) is 12.4. The summed E-state index contributed by atoms with van der Waals surface area (Å²) in [7, 11) is 3.49. The third-order valence-corrected chi connectivity index (χ3v) is 3.01. The second-order valence-corrected chi connectivity index (χ2v) is 4.19. The largest absolute Gasteiger partial charge is 0.496 e. The van der Waals surface area contributed by atoms with Crippen molar-refractivity contribution in [2.24, 2.45) is 0 Å². The van der Waals surface area contributed by atoms with Crippen LogP contribution in [0.4, 0.5) is 5.82 Å². The van der Waals surface area contributed by atoms with Crippen molar-refractivity contribution in [2.75, 3.05) is 19.5 Å². The normalized spacial score (nSPS) is 10.2. The zero-order chi connectivity index (χ0) is 13.1. The maximum absolute atomic E-state index is 5.41. The molecule has 0 saturated carbocycles. The van der Waals surface area contributed by atoms with Crippen LogP contribution in [0, 0.1) is 13.8 Å². The molecule has 0 aliphatic rings. The highest BCUT2D eigenvalue weighted by molar-refractivity contribution is 5.69. The first-order valence-electron chi connectivity index (χ1n) is 5.82. The Hall–Kier alpha value is -2.10. The van der Waals surface area contributed by atoms with Crippen LogP contribution in [0.15, 0.2) is 24.3 Å². The Bertz CT molecular complexity index is 550. The number of benzene rings is 1. The molecule has 1 aromatic heterocycles. The van der Waals surface area contributed by atoms with Gasteiger partial charge in [0.25, 0.3) is 0 Å². The van der Waals surface area contributed by atoms with Crippen LogP contribution in [-0.2, 0) is 0 Å². The SMILES string of the molecule is CNc1ccc(-c2cc(C)c(C)cc2OC)nn1. The average molecular weight is 243 g/mol. The van der Waals surface area contributed by atoms with Crippen molar-refractivity contribution >= 4 is 5.82 Å². The van der Waals surface area contributed by atoms with Crippen LogP contribution in [0.3, 0.4) is 0 Å². The van der Waals surface area contributed by atoms with Gasteiger partial charge >= 0.3 is 0 Å². The van der Waals surface area contributed by atoms with E-state index in [0.29, 0.717) is 0 Å². The molecule has 0 atom stereocenters. The molecule has 0 unspecified atom stereocenters. The lowest BCUT2D eigenvalue weighted by Gasteiger charge is -2.11. The smallest absolute Gasteiger partial charge is 0.148 e. The molecule has 18 heavy (non-hydrogen) atoms. The van der Waals surface area contributed by atoms with E-state index >= 15 is 0 Å². The molecule has 1 heterocycles. The summed E-state index contributed by atoms with van der Waals surface area (Å²) in [6.45, 7) is 4.14. The molecule has 0 saturated heterocycles. The molecule has 0 amide bonds. The van der Waals surface area contributed by atoms with E-state index in [0.717, 1.165) is 22.8 Å². The molecular formula is C14H17N3O. The van der Waals surface area contributed by atoms with Crippen molar-refractivity contribution < 1.29 is 4.74 Å². The number of nitrogens with one attached hydrogen (secondary N) is 1. The van der Waals surface area contributed by atoms with Gasteiger partial charge < -0.3 is 10.1 Å². The van der Waals surface area contributed by atoms with E-state index < -0.39 is 0 Å². The molecule has 0 spiro atoms. The molecule has 2 rings (SSSR count). The van der Waals surface area contributed by atoms with Gasteiger partial charge in [-0.25, -0.2) is 0 Å². The van der Waals surface area contributed by atoms with Crippen LogP contribution < -0.4 is 10.1 Å². The number of hydrogen-bond donors (Lipinski definition) is 1. The number of rotatable bonds is 3. The standard InChI is InChI=1S/C14H17N3O/c1-9-7-11(13(18-4)8-10(9)2)12-5-6-14(15-3)17-16-12/h5-8H,1-4H3,(H,15,17). The van der Waals surface area contributed by atoms with Gasteiger partial charge in [-0.3, -0.25) is 0 Å². The summed E-state index contributed by atoms with van der Waals surface area (Å²) in [5.74, 6) is 1.58. The van der Waals surface area contributed by atoms with E-state index in [1.54, 1.807) is 7.11 Å². The van der Waals surface area contributed by atoms with Crippen molar-refractivity contribution in [3.63, 3.8) is 0 Å². The Balaban J connectivity index is 2.51. The zero-order valence-electron chi connectivity index (χ0n) is 11.1. The first-order chi connectivity index (χ1) is 8.65.